The quantitative estimate of drug-likeness (QED) is 0.280. The summed E-state index contributed by atoms with van der Waals surface area (Å²) >= 11 is 0. The molecule has 47 heavy (non-hydrogen) atoms. The number of hydrogen-bond acceptors (Lipinski definition) is 6. The first kappa shape index (κ1) is 30.5. The van der Waals surface area contributed by atoms with E-state index in [2.05, 4.69) is 22.4 Å². The number of amides is 1. The molecule has 0 radical (unpaired) electrons. The summed E-state index contributed by atoms with van der Waals surface area (Å²) < 4.78 is 38.1. The molecular formula is C37H43F2N5O3. The number of rotatable bonds is 8. The number of benzene rings is 2. The van der Waals surface area contributed by atoms with Crippen molar-refractivity contribution >= 4 is 22.6 Å². The van der Waals surface area contributed by atoms with Crippen molar-refractivity contribution in [2.24, 2.45) is 5.92 Å². The molecule has 8 rings (SSSR count). The number of hydrogen-bond donors (Lipinski definition) is 0. The van der Waals surface area contributed by atoms with Crippen molar-refractivity contribution in [2.75, 3.05) is 37.7 Å². The Bertz CT molecular complexity index is 1820. The Morgan fingerprint density at radius 3 is 2.62 bits per heavy atom. The maximum atomic E-state index is 15.5. The van der Waals surface area contributed by atoms with Crippen LogP contribution in [-0.4, -0.2) is 76.2 Å². The van der Waals surface area contributed by atoms with E-state index >= 15 is 4.39 Å². The van der Waals surface area contributed by atoms with Gasteiger partial charge in [0.05, 0.1) is 11.6 Å². The Morgan fingerprint density at radius 2 is 1.91 bits per heavy atom. The van der Waals surface area contributed by atoms with Crippen molar-refractivity contribution in [2.45, 2.75) is 88.9 Å². The number of likely N-dealkylation sites (tertiary alicyclic amines) is 1. The molecule has 2 aromatic carbocycles. The molecule has 5 atom stereocenters. The van der Waals surface area contributed by atoms with Crippen LogP contribution in [0.5, 0.6) is 5.75 Å². The van der Waals surface area contributed by atoms with E-state index in [0.717, 1.165) is 55.2 Å². The first-order valence-corrected chi connectivity index (χ1v) is 17.4. The zero-order valence-electron chi connectivity index (χ0n) is 27.3. The average Bonchev–Trinajstić information content (AvgIpc) is 3.69. The molecule has 3 aromatic rings. The smallest absolute Gasteiger partial charge is 0.350 e. The van der Waals surface area contributed by atoms with Crippen LogP contribution in [0.4, 0.5) is 14.6 Å². The number of nitrogens with zero attached hydrogens (tertiary/aromatic N) is 5. The number of anilines is 1. The molecule has 0 N–H and O–H groups in total. The van der Waals surface area contributed by atoms with Gasteiger partial charge in [0.1, 0.15) is 24.1 Å². The highest BCUT2D eigenvalue weighted by molar-refractivity contribution is 6.01. The van der Waals surface area contributed by atoms with Gasteiger partial charge >= 0.3 is 5.69 Å². The third kappa shape index (κ3) is 5.23. The lowest BCUT2D eigenvalue weighted by atomic mass is 9.91. The van der Waals surface area contributed by atoms with Crippen molar-refractivity contribution < 1.29 is 18.3 Å². The lowest BCUT2D eigenvalue weighted by Crippen LogP contribution is -2.58. The highest BCUT2D eigenvalue weighted by Gasteiger charge is 2.40. The Labute approximate surface area is 274 Å². The van der Waals surface area contributed by atoms with Gasteiger partial charge in [-0.15, -0.1) is 0 Å². The van der Waals surface area contributed by atoms with E-state index in [9.17, 15) is 14.0 Å². The normalized spacial score (nSPS) is 27.0. The van der Waals surface area contributed by atoms with Gasteiger partial charge in [0.25, 0.3) is 0 Å². The average molecular weight is 644 g/mol. The van der Waals surface area contributed by atoms with Crippen LogP contribution in [0.2, 0.25) is 0 Å². The van der Waals surface area contributed by atoms with Crippen LogP contribution in [0.1, 0.15) is 76.3 Å². The van der Waals surface area contributed by atoms with Crippen LogP contribution >= 0.6 is 0 Å². The minimum absolute atomic E-state index is 0.112. The van der Waals surface area contributed by atoms with E-state index < -0.39 is 11.6 Å². The number of carbonyl (C=O) groups excluding carboxylic acids is 1. The number of piperazine rings is 1. The second-order valence-corrected chi connectivity index (χ2v) is 14.5. The Morgan fingerprint density at radius 1 is 1.09 bits per heavy atom. The zero-order chi connectivity index (χ0) is 32.6. The van der Waals surface area contributed by atoms with E-state index in [4.69, 9.17) is 9.72 Å². The number of halogens is 2. The van der Waals surface area contributed by atoms with Crippen LogP contribution in [0.3, 0.4) is 0 Å². The summed E-state index contributed by atoms with van der Waals surface area (Å²) in [5.41, 5.74) is 2.11. The van der Waals surface area contributed by atoms with Crippen LogP contribution in [-0.2, 0) is 4.79 Å². The SMILES string of the molecule is C=CC(=O)N1C[C@H](C)N(c2nc(=O)n3c4c(c(-c5ccc(F)cc5F)c(C5CC5)cc24)OC[C@H]3CCCN2C[C@H]3CC[C@@H]2C3)C[C@H]1C. The van der Waals surface area contributed by atoms with E-state index in [1.54, 1.807) is 4.57 Å². The van der Waals surface area contributed by atoms with Gasteiger partial charge in [-0.3, -0.25) is 9.36 Å². The van der Waals surface area contributed by atoms with E-state index in [1.807, 2.05) is 18.7 Å². The second kappa shape index (κ2) is 11.7. The molecule has 3 aliphatic heterocycles. The molecule has 10 heteroatoms. The summed E-state index contributed by atoms with van der Waals surface area (Å²) in [5.74, 6) is 0.676. The minimum atomic E-state index is -0.651. The van der Waals surface area contributed by atoms with Crippen molar-refractivity contribution in [3.63, 3.8) is 0 Å². The van der Waals surface area contributed by atoms with Gasteiger partial charge in [0, 0.05) is 60.3 Å². The topological polar surface area (TPSA) is 70.9 Å². The molecule has 2 bridgehead atoms. The van der Waals surface area contributed by atoms with Crippen LogP contribution in [0.15, 0.2) is 41.7 Å². The maximum absolute atomic E-state index is 15.5. The summed E-state index contributed by atoms with van der Waals surface area (Å²) in [5, 5.41) is 0.803. The van der Waals surface area contributed by atoms with Gasteiger partial charge in [-0.05, 0) is 107 Å². The maximum Gasteiger partial charge on any atom is 0.350 e. The Hall–Kier alpha value is -3.79. The fraction of sp³-hybridized carbons (Fsp3) is 0.541. The van der Waals surface area contributed by atoms with Crippen LogP contribution in [0.25, 0.3) is 22.0 Å². The second-order valence-electron chi connectivity index (χ2n) is 14.5. The molecule has 4 heterocycles. The third-order valence-corrected chi connectivity index (χ3v) is 11.4. The molecule has 4 fully saturated rings. The number of aromatic nitrogens is 2. The van der Waals surface area contributed by atoms with Gasteiger partial charge in [-0.25, -0.2) is 13.6 Å². The lowest BCUT2D eigenvalue weighted by Gasteiger charge is -2.45. The summed E-state index contributed by atoms with van der Waals surface area (Å²) in [7, 11) is 0. The fourth-order valence-corrected chi connectivity index (χ4v) is 8.91. The molecule has 2 saturated heterocycles. The molecular weight excluding hydrogens is 600 g/mol. The van der Waals surface area contributed by atoms with E-state index in [0.29, 0.717) is 41.8 Å². The van der Waals surface area contributed by atoms with Gasteiger partial charge in [-0.2, -0.15) is 4.98 Å². The lowest BCUT2D eigenvalue weighted by molar-refractivity contribution is -0.128. The molecule has 5 aliphatic rings. The Kier molecular flexibility index (Phi) is 7.61. The standard InChI is InChI=1S/C37H43F2N5O3/c1-4-32(45)42-17-22(3)43(18-21(42)2)36-30-16-29(24-8-9-24)33(28-12-10-25(38)15-31(28)39)35-34(30)44(37(46)40-36)27(20-47-35)6-5-13-41-19-23-7-11-26(41)14-23/h4,10,12,15-16,21-24,26-27H,1,5-9,11,13-14,17-20H2,2-3H3/t21-,22+,23+,26-,27-/m1/s1. The van der Waals surface area contributed by atoms with E-state index in [1.165, 1.54) is 44.0 Å². The van der Waals surface area contributed by atoms with Gasteiger partial charge in [0.2, 0.25) is 5.91 Å². The number of fused-ring (bicyclic) bond motifs is 2. The predicted octanol–water partition coefficient (Wildman–Crippen LogP) is 6.03. The molecule has 2 saturated carbocycles. The van der Waals surface area contributed by atoms with Crippen LogP contribution < -0.4 is 15.3 Å². The molecule has 1 aromatic heterocycles. The van der Waals surface area contributed by atoms with Crippen molar-refractivity contribution in [3.8, 4) is 16.9 Å². The largest absolute Gasteiger partial charge is 0.489 e. The summed E-state index contributed by atoms with van der Waals surface area (Å²) in [4.78, 5) is 38.1. The zero-order valence-corrected chi connectivity index (χ0v) is 27.3. The number of piperidine rings is 1. The Balaban J connectivity index is 1.25. The van der Waals surface area contributed by atoms with Crippen molar-refractivity contribution in [3.05, 3.63) is 64.6 Å². The summed E-state index contributed by atoms with van der Waals surface area (Å²) in [6, 6.07) is 6.01. The van der Waals surface area contributed by atoms with Gasteiger partial charge in [-0.1, -0.05) is 6.58 Å². The van der Waals surface area contributed by atoms with Gasteiger partial charge < -0.3 is 19.4 Å². The van der Waals surface area contributed by atoms with Crippen molar-refractivity contribution in [1.29, 1.82) is 0 Å². The monoisotopic (exact) mass is 643 g/mol. The first-order chi connectivity index (χ1) is 22.7. The first-order valence-electron chi connectivity index (χ1n) is 17.4. The minimum Gasteiger partial charge on any atom is -0.489 e. The molecule has 8 nitrogen and oxygen atoms in total. The molecule has 1 amide bonds. The van der Waals surface area contributed by atoms with Gasteiger partial charge in [0.15, 0.2) is 5.75 Å². The predicted molar refractivity (Wildman–Crippen MR) is 178 cm³/mol. The summed E-state index contributed by atoms with van der Waals surface area (Å²) in [6.07, 6.45) is 8.91. The highest BCUT2D eigenvalue weighted by Crippen LogP contribution is 2.53. The molecule has 2 aliphatic carbocycles. The number of carbonyl (C=O) groups is 1. The molecule has 0 spiro atoms. The van der Waals surface area contributed by atoms with E-state index in [-0.39, 0.29) is 47.8 Å². The van der Waals surface area contributed by atoms with Crippen LogP contribution in [0, 0.1) is 17.6 Å². The third-order valence-electron chi connectivity index (χ3n) is 11.4. The summed E-state index contributed by atoms with van der Waals surface area (Å²) in [6.45, 7) is 11.1. The highest BCUT2D eigenvalue weighted by atomic mass is 19.1. The fourth-order valence-electron chi connectivity index (χ4n) is 8.91. The number of ether oxygens (including phenoxy) is 1. The molecule has 248 valence electrons. The van der Waals surface area contributed by atoms with Crippen molar-refractivity contribution in [1.82, 2.24) is 19.4 Å². The molecule has 0 unspecified atom stereocenters.